The molecule has 0 saturated carbocycles. The Labute approximate surface area is 174 Å². The average molecular weight is 431 g/mol. The van der Waals surface area contributed by atoms with Gasteiger partial charge in [-0.05, 0) is 55.3 Å². The molecule has 31 heavy (non-hydrogen) atoms. The van der Waals surface area contributed by atoms with Gasteiger partial charge < -0.3 is 11.1 Å². The summed E-state index contributed by atoms with van der Waals surface area (Å²) in [5.74, 6) is -0.952. The summed E-state index contributed by atoms with van der Waals surface area (Å²) in [6.07, 6.45) is -3.86. The molecule has 0 bridgehead atoms. The molecular formula is C21H17F4N5O. The van der Waals surface area contributed by atoms with Crippen molar-refractivity contribution in [2.75, 3.05) is 12.3 Å². The molecule has 3 aromatic rings. The van der Waals surface area contributed by atoms with Crippen molar-refractivity contribution in [3.05, 3.63) is 76.7 Å². The largest absolute Gasteiger partial charge is 0.416 e. The highest BCUT2D eigenvalue weighted by Crippen LogP contribution is 2.29. The fourth-order valence-electron chi connectivity index (χ4n) is 2.95. The van der Waals surface area contributed by atoms with Gasteiger partial charge in [-0.3, -0.25) is 4.79 Å². The number of rotatable bonds is 6. The fourth-order valence-corrected chi connectivity index (χ4v) is 2.95. The quantitative estimate of drug-likeness (QED) is 0.458. The van der Waals surface area contributed by atoms with E-state index in [4.69, 9.17) is 5.73 Å². The number of amides is 1. The number of aromatic nitrogens is 2. The molecule has 6 nitrogen and oxygen atoms in total. The molecule has 1 aromatic heterocycles. The van der Waals surface area contributed by atoms with Gasteiger partial charge in [0.15, 0.2) is 0 Å². The highest BCUT2D eigenvalue weighted by atomic mass is 19.4. The first-order valence-electron chi connectivity index (χ1n) is 9.19. The Kier molecular flexibility index (Phi) is 6.25. The SMILES string of the molecule is N#Cc1c(CCCNC(=O)c2cccc(C(F)(F)F)c2)nn(-c2ccc(F)cc2)c1N. The zero-order chi connectivity index (χ0) is 22.6. The first kappa shape index (κ1) is 21.8. The van der Waals surface area contributed by atoms with Crippen LogP contribution in [0.15, 0.2) is 48.5 Å². The van der Waals surface area contributed by atoms with Crippen LogP contribution in [0.4, 0.5) is 23.4 Å². The molecule has 1 heterocycles. The van der Waals surface area contributed by atoms with Crippen LogP contribution in [0.3, 0.4) is 0 Å². The summed E-state index contributed by atoms with van der Waals surface area (Å²) < 4.78 is 52.8. The van der Waals surface area contributed by atoms with Gasteiger partial charge in [-0.15, -0.1) is 0 Å². The lowest BCUT2D eigenvalue weighted by molar-refractivity contribution is -0.137. The van der Waals surface area contributed by atoms with Crippen molar-refractivity contribution in [3.8, 4) is 11.8 Å². The van der Waals surface area contributed by atoms with Gasteiger partial charge in [-0.1, -0.05) is 6.07 Å². The average Bonchev–Trinajstić information content (AvgIpc) is 3.06. The number of hydrogen-bond donors (Lipinski definition) is 2. The fraction of sp³-hybridized carbons (Fsp3) is 0.190. The number of halogens is 4. The van der Waals surface area contributed by atoms with E-state index >= 15 is 0 Å². The van der Waals surface area contributed by atoms with Gasteiger partial charge in [-0.25, -0.2) is 9.07 Å². The number of aryl methyl sites for hydroxylation is 1. The molecular weight excluding hydrogens is 414 g/mol. The number of nitrogens with two attached hydrogens (primary N) is 1. The Morgan fingerprint density at radius 3 is 2.55 bits per heavy atom. The topological polar surface area (TPSA) is 96.7 Å². The second-order valence-corrected chi connectivity index (χ2v) is 6.64. The van der Waals surface area contributed by atoms with Gasteiger partial charge in [0.25, 0.3) is 5.91 Å². The van der Waals surface area contributed by atoms with Crippen molar-refractivity contribution < 1.29 is 22.4 Å². The minimum atomic E-state index is -4.53. The summed E-state index contributed by atoms with van der Waals surface area (Å²) in [5.41, 5.74) is 6.04. The van der Waals surface area contributed by atoms with E-state index in [0.717, 1.165) is 12.1 Å². The first-order chi connectivity index (χ1) is 14.7. The van der Waals surface area contributed by atoms with E-state index in [-0.39, 0.29) is 23.5 Å². The summed E-state index contributed by atoms with van der Waals surface area (Å²) in [6.45, 7) is 0.156. The third kappa shape index (κ3) is 5.01. The first-order valence-corrected chi connectivity index (χ1v) is 9.19. The molecule has 3 rings (SSSR count). The minimum Gasteiger partial charge on any atom is -0.382 e. The van der Waals surface area contributed by atoms with Crippen LogP contribution in [0.5, 0.6) is 0 Å². The molecule has 0 aliphatic carbocycles. The number of anilines is 1. The van der Waals surface area contributed by atoms with Gasteiger partial charge in [-0.2, -0.15) is 23.5 Å². The van der Waals surface area contributed by atoms with Crippen molar-refractivity contribution in [2.24, 2.45) is 0 Å². The van der Waals surface area contributed by atoms with Gasteiger partial charge >= 0.3 is 6.18 Å². The Hall–Kier alpha value is -3.87. The van der Waals surface area contributed by atoms with E-state index in [9.17, 15) is 27.6 Å². The number of hydrogen-bond acceptors (Lipinski definition) is 4. The Morgan fingerprint density at radius 1 is 1.19 bits per heavy atom. The number of alkyl halides is 3. The Bertz CT molecular complexity index is 1130. The zero-order valence-corrected chi connectivity index (χ0v) is 16.1. The lowest BCUT2D eigenvalue weighted by atomic mass is 10.1. The van der Waals surface area contributed by atoms with Gasteiger partial charge in [0, 0.05) is 12.1 Å². The standard InChI is InChI=1S/C21H17F4N5O/c22-15-6-8-16(9-7-15)30-19(27)17(12-26)18(29-30)5-2-10-28-20(31)13-3-1-4-14(11-13)21(23,24)25/h1,3-4,6-9,11H,2,5,10,27H2,(H,28,31). The smallest absolute Gasteiger partial charge is 0.382 e. The predicted molar refractivity (Wildman–Crippen MR) is 105 cm³/mol. The van der Waals surface area contributed by atoms with Crippen molar-refractivity contribution >= 4 is 11.7 Å². The molecule has 3 N–H and O–H groups in total. The molecule has 1 amide bonds. The van der Waals surface area contributed by atoms with Crippen molar-refractivity contribution in [3.63, 3.8) is 0 Å². The minimum absolute atomic E-state index is 0.0997. The van der Waals surface area contributed by atoms with E-state index in [1.807, 2.05) is 6.07 Å². The number of benzene rings is 2. The van der Waals surface area contributed by atoms with Crippen LogP contribution in [0.1, 0.15) is 33.6 Å². The predicted octanol–water partition coefficient (Wildman–Crippen LogP) is 3.85. The van der Waals surface area contributed by atoms with Crippen LogP contribution in [0.2, 0.25) is 0 Å². The van der Waals surface area contributed by atoms with Crippen LogP contribution in [0.25, 0.3) is 5.69 Å². The Balaban J connectivity index is 1.63. The van der Waals surface area contributed by atoms with Crippen molar-refractivity contribution in [1.82, 2.24) is 15.1 Å². The van der Waals surface area contributed by atoms with E-state index < -0.39 is 23.5 Å². The van der Waals surface area contributed by atoms with E-state index in [1.54, 1.807) is 0 Å². The maximum Gasteiger partial charge on any atom is 0.416 e. The van der Waals surface area contributed by atoms with Gasteiger partial charge in [0.05, 0.1) is 16.9 Å². The van der Waals surface area contributed by atoms with E-state index in [2.05, 4.69) is 10.4 Å². The third-order valence-corrected chi connectivity index (χ3v) is 4.50. The highest BCUT2D eigenvalue weighted by Gasteiger charge is 2.30. The molecule has 160 valence electrons. The van der Waals surface area contributed by atoms with Crippen LogP contribution in [0, 0.1) is 17.1 Å². The molecule has 0 unspecified atom stereocenters. The van der Waals surface area contributed by atoms with Crippen LogP contribution in [-0.2, 0) is 12.6 Å². The van der Waals surface area contributed by atoms with Crippen LogP contribution < -0.4 is 11.1 Å². The molecule has 0 fully saturated rings. The van der Waals surface area contributed by atoms with E-state index in [1.165, 1.54) is 41.1 Å². The molecule has 0 radical (unpaired) electrons. The second-order valence-electron chi connectivity index (χ2n) is 6.64. The summed E-state index contributed by atoms with van der Waals surface area (Å²) >= 11 is 0. The molecule has 0 spiro atoms. The Morgan fingerprint density at radius 2 is 1.90 bits per heavy atom. The number of carbonyl (C=O) groups excluding carboxylic acids is 1. The summed E-state index contributed by atoms with van der Waals surface area (Å²) in [5, 5.41) is 16.2. The molecule has 0 aliphatic rings. The normalized spacial score (nSPS) is 11.2. The molecule has 2 aromatic carbocycles. The van der Waals surface area contributed by atoms with Crippen LogP contribution >= 0.6 is 0 Å². The summed E-state index contributed by atoms with van der Waals surface area (Å²) in [6, 6.07) is 11.6. The molecule has 10 heteroatoms. The maximum atomic E-state index is 13.1. The maximum absolute atomic E-state index is 13.1. The van der Waals surface area contributed by atoms with Crippen LogP contribution in [-0.4, -0.2) is 22.2 Å². The number of nitrogens with one attached hydrogen (secondary N) is 1. The third-order valence-electron chi connectivity index (χ3n) is 4.50. The van der Waals surface area contributed by atoms with Crippen molar-refractivity contribution in [1.29, 1.82) is 5.26 Å². The molecule has 0 aliphatic heterocycles. The summed E-state index contributed by atoms with van der Waals surface area (Å²) in [4.78, 5) is 12.1. The summed E-state index contributed by atoms with van der Waals surface area (Å²) in [7, 11) is 0. The molecule has 0 atom stereocenters. The number of nitrogen functional groups attached to an aromatic ring is 1. The van der Waals surface area contributed by atoms with Gasteiger partial charge in [0.1, 0.15) is 23.3 Å². The number of carbonyl (C=O) groups is 1. The lowest BCUT2D eigenvalue weighted by Gasteiger charge is -2.09. The lowest BCUT2D eigenvalue weighted by Crippen LogP contribution is -2.25. The van der Waals surface area contributed by atoms with Gasteiger partial charge in [0.2, 0.25) is 0 Å². The zero-order valence-electron chi connectivity index (χ0n) is 16.1. The second kappa shape index (κ2) is 8.87. The number of nitriles is 1. The van der Waals surface area contributed by atoms with E-state index in [0.29, 0.717) is 24.2 Å². The number of nitrogens with zero attached hydrogens (tertiary/aromatic N) is 3. The highest BCUT2D eigenvalue weighted by molar-refractivity contribution is 5.94. The molecule has 0 saturated heterocycles. The van der Waals surface area contributed by atoms with Crippen molar-refractivity contribution in [2.45, 2.75) is 19.0 Å². The monoisotopic (exact) mass is 431 g/mol.